The highest BCUT2D eigenvalue weighted by molar-refractivity contribution is 7.98. The molecule has 8 nitrogen and oxygen atoms in total. The predicted octanol–water partition coefficient (Wildman–Crippen LogP) is 3.07. The van der Waals surface area contributed by atoms with Crippen LogP contribution in [0.25, 0.3) is 11.0 Å². The Bertz CT molecular complexity index is 1330. The Morgan fingerprint density at radius 1 is 1.03 bits per heavy atom. The van der Waals surface area contributed by atoms with E-state index in [1.54, 1.807) is 39.5 Å². The van der Waals surface area contributed by atoms with Gasteiger partial charge in [0, 0.05) is 23.6 Å². The van der Waals surface area contributed by atoms with E-state index in [0.29, 0.717) is 5.82 Å². The molecule has 1 aliphatic rings. The van der Waals surface area contributed by atoms with E-state index in [1.165, 1.54) is 12.1 Å². The number of nitrogens with zero attached hydrogens (tertiary/aromatic N) is 4. The molecule has 0 bridgehead atoms. The third kappa shape index (κ3) is 4.61. The first-order valence-electron chi connectivity index (χ1n) is 10.4. The van der Waals surface area contributed by atoms with Gasteiger partial charge in [-0.3, -0.25) is 9.59 Å². The molecule has 0 fully saturated rings. The van der Waals surface area contributed by atoms with Gasteiger partial charge in [-0.05, 0) is 29.8 Å². The number of imidazole rings is 1. The van der Waals surface area contributed by atoms with Crippen molar-refractivity contribution in [2.75, 3.05) is 5.32 Å². The highest BCUT2D eigenvalue weighted by Gasteiger charge is 2.25. The van der Waals surface area contributed by atoms with Crippen LogP contribution in [0.3, 0.4) is 0 Å². The number of fused-ring (bicyclic) bond motifs is 2. The topological polar surface area (TPSA) is 93.8 Å². The van der Waals surface area contributed by atoms with E-state index in [9.17, 15) is 14.0 Å². The summed E-state index contributed by atoms with van der Waals surface area (Å²) in [4.78, 5) is 29.7. The van der Waals surface area contributed by atoms with Gasteiger partial charge < -0.3 is 15.2 Å². The van der Waals surface area contributed by atoms with Crippen LogP contribution in [0, 0.1) is 5.82 Å². The van der Waals surface area contributed by atoms with Gasteiger partial charge in [-0.15, -0.1) is 0 Å². The monoisotopic (exact) mass is 464 g/mol. The molecule has 1 aliphatic heterocycles. The van der Waals surface area contributed by atoms with E-state index in [4.69, 9.17) is 0 Å². The summed E-state index contributed by atoms with van der Waals surface area (Å²) in [6, 6.07) is 13.6. The lowest BCUT2D eigenvalue weighted by molar-refractivity contribution is -0.122. The summed E-state index contributed by atoms with van der Waals surface area (Å²) in [7, 11) is 0. The van der Waals surface area contributed by atoms with Crippen molar-refractivity contribution in [2.24, 2.45) is 0 Å². The summed E-state index contributed by atoms with van der Waals surface area (Å²) in [5, 5.41) is 10.3. The molecule has 0 atom stereocenters. The number of aromatic nitrogens is 4. The van der Waals surface area contributed by atoms with Crippen molar-refractivity contribution in [3.05, 3.63) is 77.5 Å². The van der Waals surface area contributed by atoms with Gasteiger partial charge in [0.15, 0.2) is 0 Å². The number of carbonyl (C=O) groups excluding carboxylic acids is 2. The van der Waals surface area contributed by atoms with Gasteiger partial charge in [0.2, 0.25) is 11.8 Å². The number of benzene rings is 2. The number of amides is 2. The number of thioether (sulfide) groups is 1. The summed E-state index contributed by atoms with van der Waals surface area (Å²) >= 11 is 1.72. The largest absolute Gasteiger partial charge is 0.350 e. The molecule has 10 heteroatoms. The van der Waals surface area contributed by atoms with E-state index < -0.39 is 0 Å². The van der Waals surface area contributed by atoms with Gasteiger partial charge in [0.05, 0.1) is 23.1 Å². The van der Waals surface area contributed by atoms with Crippen LogP contribution in [0.5, 0.6) is 0 Å². The van der Waals surface area contributed by atoms with Gasteiger partial charge in [-0.2, -0.15) is 16.9 Å². The standard InChI is InChI=1S/C23H21FN6O2S/c24-16-7-5-15(6-8-16)9-25-21(31)11-30-23(17-12-33-13-19(17)28-30)27-22(32)10-29-14-26-18-3-1-2-4-20(18)29/h1-8,14H,9-13H2,(H,25,31)(H,27,32). The van der Waals surface area contributed by atoms with Crippen molar-refractivity contribution < 1.29 is 14.0 Å². The molecule has 0 unspecified atom stereocenters. The van der Waals surface area contributed by atoms with Gasteiger partial charge in [0.25, 0.3) is 0 Å². The highest BCUT2D eigenvalue weighted by Crippen LogP contribution is 2.34. The average molecular weight is 465 g/mol. The second-order valence-electron chi connectivity index (χ2n) is 7.74. The molecule has 0 aliphatic carbocycles. The minimum absolute atomic E-state index is 0.0253. The third-order valence-electron chi connectivity index (χ3n) is 5.41. The lowest BCUT2D eigenvalue weighted by Crippen LogP contribution is -2.29. The maximum atomic E-state index is 13.1. The molecule has 2 amide bonds. The van der Waals surface area contributed by atoms with Gasteiger partial charge in [0.1, 0.15) is 24.7 Å². The number of para-hydroxylation sites is 2. The Morgan fingerprint density at radius 3 is 2.70 bits per heavy atom. The summed E-state index contributed by atoms with van der Waals surface area (Å²) in [5.41, 5.74) is 4.34. The third-order valence-corrected chi connectivity index (χ3v) is 6.38. The molecular formula is C23H21FN6O2S. The van der Waals surface area contributed by atoms with E-state index in [1.807, 2.05) is 24.3 Å². The van der Waals surface area contributed by atoms with Gasteiger partial charge in [-0.25, -0.2) is 14.1 Å². The number of hydrogen-bond donors (Lipinski definition) is 2. The molecule has 0 spiro atoms. The molecule has 3 heterocycles. The minimum atomic E-state index is -0.321. The maximum Gasteiger partial charge on any atom is 0.245 e. The lowest BCUT2D eigenvalue weighted by atomic mass is 10.2. The van der Waals surface area contributed by atoms with Crippen LogP contribution in [0.2, 0.25) is 0 Å². The Hall–Kier alpha value is -3.66. The Morgan fingerprint density at radius 2 is 1.85 bits per heavy atom. The SMILES string of the molecule is O=C(Cn1nc2c(c1NC(=O)Cn1cnc3ccccc31)CSC2)NCc1ccc(F)cc1. The summed E-state index contributed by atoms with van der Waals surface area (Å²) in [6.45, 7) is 0.359. The fourth-order valence-corrected chi connectivity index (χ4v) is 4.81. The van der Waals surface area contributed by atoms with Crippen LogP contribution in [-0.2, 0) is 40.7 Å². The second-order valence-corrected chi connectivity index (χ2v) is 8.72. The fraction of sp³-hybridized carbons (Fsp3) is 0.217. The van der Waals surface area contributed by atoms with E-state index in [0.717, 1.165) is 39.4 Å². The first kappa shape index (κ1) is 21.2. The molecule has 0 saturated heterocycles. The zero-order valence-corrected chi connectivity index (χ0v) is 18.4. The number of carbonyl (C=O) groups is 2. The first-order chi connectivity index (χ1) is 16.1. The smallest absolute Gasteiger partial charge is 0.245 e. The molecule has 2 aromatic heterocycles. The van der Waals surface area contributed by atoms with E-state index in [2.05, 4.69) is 20.7 Å². The lowest BCUT2D eigenvalue weighted by Gasteiger charge is -2.12. The number of anilines is 1. The van der Waals surface area contributed by atoms with Crippen LogP contribution in [-0.4, -0.2) is 31.1 Å². The van der Waals surface area contributed by atoms with E-state index >= 15 is 0 Å². The molecule has 33 heavy (non-hydrogen) atoms. The molecule has 2 aromatic carbocycles. The highest BCUT2D eigenvalue weighted by atomic mass is 32.2. The van der Waals surface area contributed by atoms with Crippen LogP contribution in [0.4, 0.5) is 10.2 Å². The zero-order valence-electron chi connectivity index (χ0n) is 17.6. The number of halogens is 1. The Kier molecular flexibility index (Phi) is 5.82. The average Bonchev–Trinajstić information content (AvgIpc) is 3.51. The molecule has 168 valence electrons. The summed E-state index contributed by atoms with van der Waals surface area (Å²) in [5.74, 6) is 1.25. The van der Waals surface area contributed by atoms with Crippen molar-refractivity contribution in [3.8, 4) is 0 Å². The Balaban J connectivity index is 1.28. The quantitative estimate of drug-likeness (QED) is 0.439. The fourth-order valence-electron chi connectivity index (χ4n) is 3.78. The van der Waals surface area contributed by atoms with Crippen LogP contribution < -0.4 is 10.6 Å². The first-order valence-corrected chi connectivity index (χ1v) is 11.6. The maximum absolute atomic E-state index is 13.1. The molecule has 2 N–H and O–H groups in total. The molecule has 5 rings (SSSR count). The van der Waals surface area contributed by atoms with Crippen molar-refractivity contribution in [1.29, 1.82) is 0 Å². The van der Waals surface area contributed by atoms with Crippen molar-refractivity contribution in [1.82, 2.24) is 24.6 Å². The summed E-state index contributed by atoms with van der Waals surface area (Å²) in [6.07, 6.45) is 1.64. The van der Waals surface area contributed by atoms with Crippen LogP contribution in [0.15, 0.2) is 54.9 Å². The predicted molar refractivity (Wildman–Crippen MR) is 124 cm³/mol. The van der Waals surface area contributed by atoms with Crippen molar-refractivity contribution in [2.45, 2.75) is 31.1 Å². The molecular weight excluding hydrogens is 443 g/mol. The zero-order chi connectivity index (χ0) is 22.8. The number of nitrogens with one attached hydrogen (secondary N) is 2. The van der Waals surface area contributed by atoms with Crippen molar-refractivity contribution >= 4 is 40.4 Å². The molecule has 4 aromatic rings. The van der Waals surface area contributed by atoms with Crippen molar-refractivity contribution in [3.63, 3.8) is 0 Å². The molecule has 0 saturated carbocycles. The van der Waals surface area contributed by atoms with Gasteiger partial charge >= 0.3 is 0 Å². The Labute approximate surface area is 193 Å². The summed E-state index contributed by atoms with van der Waals surface area (Å²) < 4.78 is 16.4. The normalized spacial score (nSPS) is 12.6. The van der Waals surface area contributed by atoms with Crippen LogP contribution >= 0.6 is 11.8 Å². The van der Waals surface area contributed by atoms with Gasteiger partial charge in [-0.1, -0.05) is 24.3 Å². The van der Waals surface area contributed by atoms with Crippen LogP contribution in [0.1, 0.15) is 16.8 Å². The second kappa shape index (κ2) is 9.07. The number of rotatable bonds is 7. The molecule has 0 radical (unpaired) electrons. The number of hydrogen-bond acceptors (Lipinski definition) is 5. The van der Waals surface area contributed by atoms with E-state index in [-0.39, 0.29) is 37.3 Å². The minimum Gasteiger partial charge on any atom is -0.350 e.